The lowest BCUT2D eigenvalue weighted by Gasteiger charge is -2.26. The Hall–Kier alpha value is -2.77. The smallest absolute Gasteiger partial charge is 0.182 e. The van der Waals surface area contributed by atoms with Crippen LogP contribution in [0.25, 0.3) is 28.1 Å². The highest BCUT2D eigenvalue weighted by Crippen LogP contribution is 2.29. The Morgan fingerprint density at radius 1 is 0.969 bits per heavy atom. The lowest BCUT2D eigenvalue weighted by Crippen LogP contribution is -2.38. The summed E-state index contributed by atoms with van der Waals surface area (Å²) in [4.78, 5) is 12.2. The molecule has 1 saturated heterocycles. The molecule has 7 nitrogen and oxygen atoms in total. The van der Waals surface area contributed by atoms with Gasteiger partial charge in [0, 0.05) is 37.4 Å². The molecule has 168 valence electrons. The normalized spacial score (nSPS) is 15.8. The Balaban J connectivity index is 1.51. The van der Waals surface area contributed by atoms with Gasteiger partial charge in [0.05, 0.1) is 18.6 Å². The maximum atomic E-state index is 5.48. The number of fused-ring (bicyclic) bond motifs is 3. The second kappa shape index (κ2) is 7.98. The molecule has 0 saturated carbocycles. The number of aryl methyl sites for hydroxylation is 1. The van der Waals surface area contributed by atoms with Crippen LogP contribution >= 0.6 is 0 Å². The molecule has 1 aliphatic heterocycles. The minimum atomic E-state index is 0.125. The van der Waals surface area contributed by atoms with Crippen molar-refractivity contribution < 1.29 is 4.74 Å². The lowest BCUT2D eigenvalue weighted by molar-refractivity contribution is 0.0364. The Morgan fingerprint density at radius 3 is 2.38 bits per heavy atom. The molecule has 5 rings (SSSR count). The van der Waals surface area contributed by atoms with Crippen LogP contribution in [0.2, 0.25) is 0 Å². The van der Waals surface area contributed by atoms with Crippen LogP contribution in [0.15, 0.2) is 30.6 Å². The summed E-state index contributed by atoms with van der Waals surface area (Å²) < 4.78 is 9.62. The van der Waals surface area contributed by atoms with E-state index >= 15 is 0 Å². The Kier molecular flexibility index (Phi) is 5.26. The Morgan fingerprint density at radius 2 is 1.69 bits per heavy atom. The summed E-state index contributed by atoms with van der Waals surface area (Å²) in [5.74, 6) is 0.734. The zero-order chi connectivity index (χ0) is 22.5. The third kappa shape index (κ3) is 3.69. The average molecular weight is 433 g/mol. The molecule has 32 heavy (non-hydrogen) atoms. The van der Waals surface area contributed by atoms with E-state index in [2.05, 4.69) is 68.4 Å². The third-order valence-electron chi connectivity index (χ3n) is 6.70. The summed E-state index contributed by atoms with van der Waals surface area (Å²) in [6, 6.07) is 8.58. The Labute approximate surface area is 189 Å². The van der Waals surface area contributed by atoms with E-state index in [0.29, 0.717) is 0 Å². The topological polar surface area (TPSA) is 60.5 Å². The highest BCUT2D eigenvalue weighted by molar-refractivity contribution is 5.94. The van der Waals surface area contributed by atoms with Crippen molar-refractivity contribution in [3.8, 4) is 11.4 Å². The number of rotatable bonds is 4. The number of morpholine rings is 1. The van der Waals surface area contributed by atoms with E-state index in [9.17, 15) is 0 Å². The van der Waals surface area contributed by atoms with Gasteiger partial charge in [-0.05, 0) is 30.4 Å². The van der Waals surface area contributed by atoms with Crippen LogP contribution in [0.1, 0.15) is 37.6 Å². The fourth-order valence-corrected chi connectivity index (χ4v) is 4.51. The number of hydrogen-bond donors (Lipinski definition) is 0. The summed E-state index contributed by atoms with van der Waals surface area (Å²) in [5, 5.41) is 5.83. The third-order valence-corrected chi connectivity index (χ3v) is 6.70. The molecule has 7 heteroatoms. The number of nitrogens with zero attached hydrogens (tertiary/aromatic N) is 6. The first kappa shape index (κ1) is 21.1. The van der Waals surface area contributed by atoms with Crippen LogP contribution < -0.4 is 0 Å². The molecule has 0 unspecified atom stereocenters. The first-order chi connectivity index (χ1) is 15.3. The monoisotopic (exact) mass is 432 g/mol. The molecule has 0 radical (unpaired) electrons. The molecule has 0 bridgehead atoms. The molecular weight excluding hydrogens is 400 g/mol. The minimum Gasteiger partial charge on any atom is -0.379 e. The molecule has 0 atom stereocenters. The zero-order valence-electron chi connectivity index (χ0n) is 19.7. The standard InChI is InChI=1S/C25H32N6O/c1-17-18(2)30(11-10-29-12-14-32-15-13-29)23-21(17)24-27-22(28-31(24)16-26-23)19-6-8-20(9-7-19)25(3,4)5/h6-9,16H,10-15H2,1-5H3. The summed E-state index contributed by atoms with van der Waals surface area (Å²) in [6.07, 6.45) is 1.79. The number of hydrogen-bond acceptors (Lipinski definition) is 5. The van der Waals surface area contributed by atoms with Gasteiger partial charge in [0.2, 0.25) is 0 Å². The summed E-state index contributed by atoms with van der Waals surface area (Å²) in [5.41, 5.74) is 6.78. The SMILES string of the molecule is Cc1c(C)n(CCN2CCOCC2)c2ncn3nc(-c4ccc(C(C)(C)C)cc4)nc3c12. The number of ether oxygens (including phenoxy) is 1. The van der Waals surface area contributed by atoms with Gasteiger partial charge in [-0.1, -0.05) is 45.0 Å². The highest BCUT2D eigenvalue weighted by Gasteiger charge is 2.20. The van der Waals surface area contributed by atoms with Gasteiger partial charge in [0.15, 0.2) is 11.5 Å². The van der Waals surface area contributed by atoms with Gasteiger partial charge in [0.1, 0.15) is 12.0 Å². The molecular formula is C25H32N6O. The van der Waals surface area contributed by atoms with Crippen molar-refractivity contribution in [3.63, 3.8) is 0 Å². The van der Waals surface area contributed by atoms with Gasteiger partial charge >= 0.3 is 0 Å². The van der Waals surface area contributed by atoms with Crippen molar-refractivity contribution in [2.75, 3.05) is 32.8 Å². The van der Waals surface area contributed by atoms with Gasteiger partial charge in [-0.25, -0.2) is 14.5 Å². The molecule has 4 heterocycles. The fourth-order valence-electron chi connectivity index (χ4n) is 4.51. The van der Waals surface area contributed by atoms with Gasteiger partial charge in [0.25, 0.3) is 0 Å². The first-order valence-corrected chi connectivity index (χ1v) is 11.4. The first-order valence-electron chi connectivity index (χ1n) is 11.4. The highest BCUT2D eigenvalue weighted by atomic mass is 16.5. The fraction of sp³-hybridized carbons (Fsp3) is 0.480. The van der Waals surface area contributed by atoms with Gasteiger partial charge in [-0.15, -0.1) is 5.10 Å². The summed E-state index contributed by atoms with van der Waals surface area (Å²) in [6.45, 7) is 16.6. The van der Waals surface area contributed by atoms with Crippen molar-refractivity contribution in [3.05, 3.63) is 47.4 Å². The van der Waals surface area contributed by atoms with E-state index in [4.69, 9.17) is 19.8 Å². The summed E-state index contributed by atoms with van der Waals surface area (Å²) >= 11 is 0. The quantitative estimate of drug-likeness (QED) is 0.488. The van der Waals surface area contributed by atoms with E-state index in [1.54, 1.807) is 6.33 Å². The predicted octanol–water partition coefficient (Wildman–Crippen LogP) is 3.99. The molecule has 1 aliphatic rings. The average Bonchev–Trinajstić information content (AvgIpc) is 3.32. The van der Waals surface area contributed by atoms with E-state index in [1.807, 2.05) is 4.52 Å². The van der Waals surface area contributed by atoms with Crippen molar-refractivity contribution in [2.45, 2.75) is 46.6 Å². The summed E-state index contributed by atoms with van der Waals surface area (Å²) in [7, 11) is 0. The second-order valence-corrected chi connectivity index (χ2v) is 9.79. The maximum absolute atomic E-state index is 5.48. The van der Waals surface area contributed by atoms with Crippen molar-refractivity contribution in [1.29, 1.82) is 0 Å². The van der Waals surface area contributed by atoms with Crippen LogP contribution in [0.4, 0.5) is 0 Å². The minimum absolute atomic E-state index is 0.125. The molecule has 3 aromatic heterocycles. The predicted molar refractivity (Wildman–Crippen MR) is 127 cm³/mol. The molecule has 0 spiro atoms. The van der Waals surface area contributed by atoms with E-state index < -0.39 is 0 Å². The van der Waals surface area contributed by atoms with Gasteiger partial charge < -0.3 is 9.30 Å². The van der Waals surface area contributed by atoms with Crippen LogP contribution in [0.3, 0.4) is 0 Å². The van der Waals surface area contributed by atoms with Gasteiger partial charge in [-0.3, -0.25) is 4.90 Å². The molecule has 1 fully saturated rings. The van der Waals surface area contributed by atoms with Crippen molar-refractivity contribution >= 4 is 16.7 Å². The molecule has 1 aromatic carbocycles. The second-order valence-electron chi connectivity index (χ2n) is 9.79. The maximum Gasteiger partial charge on any atom is 0.182 e. The zero-order valence-corrected chi connectivity index (χ0v) is 19.7. The Bertz CT molecular complexity index is 1260. The van der Waals surface area contributed by atoms with Crippen LogP contribution in [0, 0.1) is 13.8 Å². The van der Waals surface area contributed by atoms with Crippen LogP contribution in [0.5, 0.6) is 0 Å². The molecule has 0 amide bonds. The van der Waals surface area contributed by atoms with Crippen LogP contribution in [-0.4, -0.2) is 61.9 Å². The van der Waals surface area contributed by atoms with E-state index in [0.717, 1.165) is 67.5 Å². The van der Waals surface area contributed by atoms with E-state index in [-0.39, 0.29) is 5.41 Å². The van der Waals surface area contributed by atoms with Crippen LogP contribution in [-0.2, 0) is 16.7 Å². The number of benzene rings is 1. The lowest BCUT2D eigenvalue weighted by atomic mass is 9.87. The van der Waals surface area contributed by atoms with Gasteiger partial charge in [-0.2, -0.15) is 0 Å². The van der Waals surface area contributed by atoms with Crippen molar-refractivity contribution in [1.82, 2.24) is 29.0 Å². The molecule has 4 aromatic rings. The molecule has 0 N–H and O–H groups in total. The van der Waals surface area contributed by atoms with E-state index in [1.165, 1.54) is 16.8 Å². The largest absolute Gasteiger partial charge is 0.379 e. The van der Waals surface area contributed by atoms with Crippen molar-refractivity contribution in [2.24, 2.45) is 0 Å². The molecule has 0 aliphatic carbocycles. The number of aromatic nitrogens is 5.